The van der Waals surface area contributed by atoms with E-state index in [9.17, 15) is 26.8 Å². The van der Waals surface area contributed by atoms with Crippen LogP contribution in [-0.4, -0.2) is 38.7 Å². The van der Waals surface area contributed by atoms with E-state index in [1.54, 1.807) is 6.92 Å². The lowest BCUT2D eigenvalue weighted by Crippen LogP contribution is -2.35. The fourth-order valence-electron chi connectivity index (χ4n) is 1.52. The van der Waals surface area contributed by atoms with Crippen molar-refractivity contribution in [3.63, 3.8) is 0 Å². The third-order valence-corrected chi connectivity index (χ3v) is 4.41. The van der Waals surface area contributed by atoms with Crippen LogP contribution in [0, 0.1) is 0 Å². The number of nitrogens with one attached hydrogen (secondary N) is 1. The van der Waals surface area contributed by atoms with E-state index in [4.69, 9.17) is 4.74 Å². The Bertz CT molecular complexity index is 658. The Morgan fingerprint density at radius 2 is 1.78 bits per heavy atom. The van der Waals surface area contributed by atoms with Crippen molar-refractivity contribution in [2.75, 3.05) is 6.61 Å². The molecule has 0 fully saturated rings. The molecule has 0 aliphatic heterocycles. The second-order valence-corrected chi connectivity index (χ2v) is 6.70. The topological polar surface area (TPSA) is 89.5 Å². The monoisotopic (exact) mass is 349 g/mol. The van der Waals surface area contributed by atoms with E-state index in [2.05, 4.69) is 5.32 Å². The van der Waals surface area contributed by atoms with Gasteiger partial charge in [0.2, 0.25) is 9.84 Å². The molecule has 1 amide bonds. The first kappa shape index (κ1) is 19.0. The molecular weight excluding hydrogens is 332 g/mol. The number of carbonyl (C=O) groups excluding carboxylic acids is 2. The molecule has 1 aromatic carbocycles. The van der Waals surface area contributed by atoms with Crippen molar-refractivity contribution in [1.82, 2.24) is 5.32 Å². The number of rotatable bonds is 7. The van der Waals surface area contributed by atoms with Crippen LogP contribution in [0.3, 0.4) is 0 Å². The molecule has 128 valence electrons. The molecular formula is C14H17F2NO5S. The number of esters is 1. The quantitative estimate of drug-likeness (QED) is 0.758. The lowest BCUT2D eigenvalue weighted by molar-refractivity contribution is -0.124. The van der Waals surface area contributed by atoms with Crippen molar-refractivity contribution < 1.29 is 31.5 Å². The van der Waals surface area contributed by atoms with Gasteiger partial charge in [-0.1, -0.05) is 6.92 Å². The van der Waals surface area contributed by atoms with Gasteiger partial charge in [0, 0.05) is 6.04 Å². The summed E-state index contributed by atoms with van der Waals surface area (Å²) in [4.78, 5) is 22.6. The van der Waals surface area contributed by atoms with Crippen molar-refractivity contribution in [3.05, 3.63) is 29.8 Å². The molecule has 0 saturated carbocycles. The number of carbonyl (C=O) groups is 2. The SMILES string of the molecule is CC[C@H](C)NC(=O)COC(=O)c1ccc(S(=O)(=O)C(F)F)cc1. The lowest BCUT2D eigenvalue weighted by Gasteiger charge is -2.11. The smallest absolute Gasteiger partial charge is 0.341 e. The Morgan fingerprint density at radius 3 is 2.26 bits per heavy atom. The summed E-state index contributed by atoms with van der Waals surface area (Å²) in [7, 11) is -4.71. The number of ether oxygens (including phenoxy) is 1. The second-order valence-electron chi connectivity index (χ2n) is 4.78. The summed E-state index contributed by atoms with van der Waals surface area (Å²) in [6.45, 7) is 3.19. The van der Waals surface area contributed by atoms with Crippen molar-refractivity contribution in [1.29, 1.82) is 0 Å². The first-order valence-electron chi connectivity index (χ1n) is 6.77. The van der Waals surface area contributed by atoms with E-state index in [1.165, 1.54) is 0 Å². The van der Waals surface area contributed by atoms with Crippen LogP contribution in [0.1, 0.15) is 30.6 Å². The van der Waals surface area contributed by atoms with Crippen LogP contribution < -0.4 is 5.32 Å². The summed E-state index contributed by atoms with van der Waals surface area (Å²) in [6.07, 6.45) is 0.722. The van der Waals surface area contributed by atoms with Crippen LogP contribution in [0.5, 0.6) is 0 Å². The summed E-state index contributed by atoms with van der Waals surface area (Å²) in [5.41, 5.74) is -0.0467. The molecule has 0 bridgehead atoms. The zero-order chi connectivity index (χ0) is 17.6. The number of alkyl halides is 2. The van der Waals surface area contributed by atoms with Gasteiger partial charge in [-0.3, -0.25) is 4.79 Å². The van der Waals surface area contributed by atoms with Crippen LogP contribution in [0.4, 0.5) is 8.78 Å². The van der Waals surface area contributed by atoms with Crippen LogP contribution in [-0.2, 0) is 19.4 Å². The minimum atomic E-state index is -4.71. The number of sulfone groups is 1. The summed E-state index contributed by atoms with van der Waals surface area (Å²) >= 11 is 0. The molecule has 6 nitrogen and oxygen atoms in total. The third kappa shape index (κ3) is 5.27. The highest BCUT2D eigenvalue weighted by Crippen LogP contribution is 2.18. The zero-order valence-electron chi connectivity index (χ0n) is 12.6. The van der Waals surface area contributed by atoms with Crippen LogP contribution >= 0.6 is 0 Å². The maximum Gasteiger partial charge on any atom is 0.341 e. The number of hydrogen-bond acceptors (Lipinski definition) is 5. The first-order valence-corrected chi connectivity index (χ1v) is 8.31. The van der Waals surface area contributed by atoms with Gasteiger partial charge in [-0.05, 0) is 37.6 Å². The number of amides is 1. The molecule has 1 rings (SSSR count). The largest absolute Gasteiger partial charge is 0.452 e. The van der Waals surface area contributed by atoms with E-state index in [0.29, 0.717) is 0 Å². The fourth-order valence-corrected chi connectivity index (χ4v) is 2.24. The molecule has 23 heavy (non-hydrogen) atoms. The van der Waals surface area contributed by atoms with Crippen molar-refractivity contribution in [2.24, 2.45) is 0 Å². The summed E-state index contributed by atoms with van der Waals surface area (Å²) in [6, 6.07) is 3.81. The Labute approximate surface area is 132 Å². The maximum absolute atomic E-state index is 12.4. The highest BCUT2D eigenvalue weighted by Gasteiger charge is 2.26. The average molecular weight is 349 g/mol. The molecule has 9 heteroatoms. The molecule has 0 saturated heterocycles. The molecule has 0 radical (unpaired) electrons. The highest BCUT2D eigenvalue weighted by atomic mass is 32.2. The second kappa shape index (κ2) is 8.00. The highest BCUT2D eigenvalue weighted by molar-refractivity contribution is 7.91. The molecule has 0 heterocycles. The fraction of sp³-hybridized carbons (Fsp3) is 0.429. The Morgan fingerprint density at radius 1 is 1.22 bits per heavy atom. The van der Waals surface area contributed by atoms with E-state index in [0.717, 1.165) is 30.7 Å². The zero-order valence-corrected chi connectivity index (χ0v) is 13.4. The van der Waals surface area contributed by atoms with Gasteiger partial charge in [-0.25, -0.2) is 13.2 Å². The number of benzene rings is 1. The molecule has 0 aliphatic rings. The van der Waals surface area contributed by atoms with Crippen molar-refractivity contribution in [2.45, 2.75) is 37.0 Å². The van der Waals surface area contributed by atoms with E-state index in [-0.39, 0.29) is 11.6 Å². The molecule has 0 unspecified atom stereocenters. The molecule has 0 spiro atoms. The van der Waals surface area contributed by atoms with Gasteiger partial charge in [0.1, 0.15) is 0 Å². The third-order valence-electron chi connectivity index (χ3n) is 3.01. The summed E-state index contributed by atoms with van der Waals surface area (Å²) in [5, 5.41) is 2.60. The standard InChI is InChI=1S/C14H17F2NO5S/c1-3-9(2)17-12(18)8-22-13(19)10-4-6-11(7-5-10)23(20,21)14(15)16/h4-7,9,14H,3,8H2,1-2H3,(H,17,18)/t9-/m0/s1. The van der Waals surface area contributed by atoms with Gasteiger partial charge in [0.25, 0.3) is 5.91 Å². The molecule has 1 atom stereocenters. The van der Waals surface area contributed by atoms with Gasteiger partial charge in [0.15, 0.2) is 6.61 Å². The van der Waals surface area contributed by atoms with Gasteiger partial charge in [-0.15, -0.1) is 0 Å². The van der Waals surface area contributed by atoms with E-state index < -0.39 is 39.0 Å². The van der Waals surface area contributed by atoms with Gasteiger partial charge < -0.3 is 10.1 Å². The molecule has 0 aromatic heterocycles. The van der Waals surface area contributed by atoms with Crippen LogP contribution in [0.25, 0.3) is 0 Å². The molecule has 0 aliphatic carbocycles. The van der Waals surface area contributed by atoms with Gasteiger partial charge >= 0.3 is 11.7 Å². The van der Waals surface area contributed by atoms with Gasteiger partial charge in [0.05, 0.1) is 10.5 Å². The normalized spacial score (nSPS) is 12.7. The summed E-state index contributed by atoms with van der Waals surface area (Å²) in [5.74, 6) is -4.86. The van der Waals surface area contributed by atoms with E-state index in [1.807, 2.05) is 6.92 Å². The van der Waals surface area contributed by atoms with Crippen molar-refractivity contribution >= 4 is 21.7 Å². The lowest BCUT2D eigenvalue weighted by atomic mass is 10.2. The maximum atomic E-state index is 12.4. The van der Waals surface area contributed by atoms with E-state index >= 15 is 0 Å². The molecule has 1 N–H and O–H groups in total. The first-order chi connectivity index (χ1) is 10.7. The van der Waals surface area contributed by atoms with Gasteiger partial charge in [-0.2, -0.15) is 8.78 Å². The summed E-state index contributed by atoms with van der Waals surface area (Å²) < 4.78 is 52.0. The number of halogens is 2. The Hall–Kier alpha value is -2.03. The Kier molecular flexibility index (Phi) is 6.62. The minimum Gasteiger partial charge on any atom is -0.452 e. The van der Waals surface area contributed by atoms with Crippen LogP contribution in [0.15, 0.2) is 29.2 Å². The Balaban J connectivity index is 2.67. The average Bonchev–Trinajstić information content (AvgIpc) is 2.52. The minimum absolute atomic E-state index is 0.0467. The predicted molar refractivity (Wildman–Crippen MR) is 77.8 cm³/mol. The van der Waals surface area contributed by atoms with Crippen LogP contribution in [0.2, 0.25) is 0 Å². The predicted octanol–water partition coefficient (Wildman–Crippen LogP) is 1.75. The number of hydrogen-bond donors (Lipinski definition) is 1. The molecule has 1 aromatic rings. The van der Waals surface area contributed by atoms with Crippen molar-refractivity contribution in [3.8, 4) is 0 Å².